The Labute approximate surface area is 122 Å². The Morgan fingerprint density at radius 1 is 1.35 bits per heavy atom. The van der Waals surface area contributed by atoms with Gasteiger partial charge in [-0.1, -0.05) is 34.1 Å². The Bertz CT molecular complexity index is 375. The topological polar surface area (TPSA) is 66.6 Å². The van der Waals surface area contributed by atoms with E-state index in [-0.39, 0.29) is 23.3 Å². The third kappa shape index (κ3) is 2.60. The molecule has 2 aliphatic rings. The maximum atomic E-state index is 12.7. The number of carbonyl (C=O) groups is 1. The van der Waals surface area contributed by atoms with Crippen molar-refractivity contribution < 1.29 is 9.90 Å². The van der Waals surface area contributed by atoms with Crippen LogP contribution in [0.5, 0.6) is 0 Å². The number of nitrogens with zero attached hydrogens (tertiary/aromatic N) is 1. The van der Waals surface area contributed by atoms with Crippen LogP contribution in [0.2, 0.25) is 0 Å². The maximum Gasteiger partial charge on any atom is 0.226 e. The number of carbonyl (C=O) groups excluding carboxylic acids is 1. The minimum absolute atomic E-state index is 0.0449. The zero-order valence-electron chi connectivity index (χ0n) is 13.4. The van der Waals surface area contributed by atoms with Crippen LogP contribution in [0.25, 0.3) is 0 Å². The van der Waals surface area contributed by atoms with Crippen molar-refractivity contribution >= 4 is 5.91 Å². The second kappa shape index (κ2) is 5.30. The van der Waals surface area contributed by atoms with Crippen LogP contribution in [0.15, 0.2) is 0 Å². The summed E-state index contributed by atoms with van der Waals surface area (Å²) in [4.78, 5) is 14.6. The Morgan fingerprint density at radius 3 is 2.50 bits per heavy atom. The smallest absolute Gasteiger partial charge is 0.226 e. The van der Waals surface area contributed by atoms with Gasteiger partial charge in [0.05, 0.1) is 18.7 Å². The summed E-state index contributed by atoms with van der Waals surface area (Å²) in [5.41, 5.74) is 5.46. The molecule has 3 N–H and O–H groups in total. The van der Waals surface area contributed by atoms with Gasteiger partial charge in [0, 0.05) is 12.0 Å². The highest BCUT2D eigenvalue weighted by Crippen LogP contribution is 2.46. The predicted molar refractivity (Wildman–Crippen MR) is 80.1 cm³/mol. The molecule has 20 heavy (non-hydrogen) atoms. The van der Waals surface area contributed by atoms with Gasteiger partial charge in [-0.05, 0) is 30.6 Å². The molecule has 0 spiro atoms. The van der Waals surface area contributed by atoms with E-state index in [0.29, 0.717) is 19.0 Å². The highest BCUT2D eigenvalue weighted by Gasteiger charge is 2.50. The zero-order valence-corrected chi connectivity index (χ0v) is 13.4. The number of likely N-dealkylation sites (tertiary alicyclic amines) is 1. The van der Waals surface area contributed by atoms with Crippen LogP contribution in [-0.4, -0.2) is 40.6 Å². The van der Waals surface area contributed by atoms with Gasteiger partial charge in [-0.2, -0.15) is 0 Å². The van der Waals surface area contributed by atoms with Crippen molar-refractivity contribution in [3.8, 4) is 0 Å². The highest BCUT2D eigenvalue weighted by atomic mass is 16.3. The number of nitrogens with two attached hydrogens (primary N) is 1. The van der Waals surface area contributed by atoms with E-state index in [1.165, 1.54) is 0 Å². The number of rotatable bonds is 3. The lowest BCUT2D eigenvalue weighted by molar-refractivity contribution is -0.167. The fraction of sp³-hybridized carbons (Fsp3) is 0.938. The largest absolute Gasteiger partial charge is 0.386 e. The van der Waals surface area contributed by atoms with Gasteiger partial charge in [0.15, 0.2) is 0 Å². The molecule has 0 bridgehead atoms. The van der Waals surface area contributed by atoms with Gasteiger partial charge in [0.2, 0.25) is 5.91 Å². The first-order valence-corrected chi connectivity index (χ1v) is 7.98. The second-order valence-electron chi connectivity index (χ2n) is 7.57. The number of β-amino-alcohol motifs (C(OH)–C–C–N with tert-alkyl or cyclic N) is 1. The lowest BCUT2D eigenvalue weighted by atomic mass is 9.60. The molecule has 0 aromatic carbocycles. The summed E-state index contributed by atoms with van der Waals surface area (Å²) in [6.07, 6.45) is 3.54. The molecule has 1 aliphatic heterocycles. The maximum absolute atomic E-state index is 12.7. The summed E-state index contributed by atoms with van der Waals surface area (Å²) in [5.74, 6) is 0.610. The standard InChI is InChI=1S/C16H30N2O2/c1-5-8-16(20)9-18(10-16)14(19)12-6-7-13(17)11(2)15(12,3)4/h11-13,20H,5-10,17H2,1-4H3. The first-order chi connectivity index (χ1) is 9.21. The summed E-state index contributed by atoms with van der Waals surface area (Å²) in [6, 6.07) is 0.197. The fourth-order valence-electron chi connectivity index (χ4n) is 3.96. The first kappa shape index (κ1) is 15.8. The van der Waals surface area contributed by atoms with Crippen LogP contribution in [0, 0.1) is 17.3 Å². The summed E-state index contributed by atoms with van der Waals surface area (Å²) in [6.45, 7) is 9.57. The van der Waals surface area contributed by atoms with Crippen LogP contribution >= 0.6 is 0 Å². The van der Waals surface area contributed by atoms with Crippen LogP contribution in [0.3, 0.4) is 0 Å². The Morgan fingerprint density at radius 2 is 1.95 bits per heavy atom. The summed E-state index contributed by atoms with van der Waals surface area (Å²) < 4.78 is 0. The third-order valence-corrected chi connectivity index (χ3v) is 5.80. The van der Waals surface area contributed by atoms with Crippen molar-refractivity contribution in [1.82, 2.24) is 4.90 Å². The average Bonchev–Trinajstić information content (AvgIpc) is 2.33. The molecule has 2 fully saturated rings. The van der Waals surface area contributed by atoms with Gasteiger partial charge in [0.1, 0.15) is 0 Å². The normalized spacial score (nSPS) is 35.5. The van der Waals surface area contributed by atoms with Gasteiger partial charge in [-0.25, -0.2) is 0 Å². The molecule has 4 nitrogen and oxygen atoms in total. The number of hydrogen-bond donors (Lipinski definition) is 2. The second-order valence-corrected chi connectivity index (χ2v) is 7.57. The first-order valence-electron chi connectivity index (χ1n) is 7.98. The van der Waals surface area contributed by atoms with E-state index in [9.17, 15) is 9.90 Å². The summed E-state index contributed by atoms with van der Waals surface area (Å²) >= 11 is 0. The zero-order chi connectivity index (χ0) is 15.1. The van der Waals surface area contributed by atoms with Crippen LogP contribution in [0.4, 0.5) is 0 Å². The summed E-state index contributed by atoms with van der Waals surface area (Å²) in [7, 11) is 0. The Balaban J connectivity index is 2.00. The molecular weight excluding hydrogens is 252 g/mol. The van der Waals surface area contributed by atoms with Gasteiger partial charge in [0.25, 0.3) is 0 Å². The molecular formula is C16H30N2O2. The molecule has 3 atom stereocenters. The Hall–Kier alpha value is -0.610. The third-order valence-electron chi connectivity index (χ3n) is 5.80. The average molecular weight is 282 g/mol. The highest BCUT2D eigenvalue weighted by molar-refractivity contribution is 5.81. The van der Waals surface area contributed by atoms with Crippen LogP contribution < -0.4 is 5.73 Å². The lowest BCUT2D eigenvalue weighted by Gasteiger charge is -2.52. The van der Waals surface area contributed by atoms with Crippen LogP contribution in [0.1, 0.15) is 53.4 Å². The molecule has 116 valence electrons. The SMILES string of the molecule is CCCC1(O)CN(C(=O)C2CCC(N)C(C)C2(C)C)C1. The van der Waals surface area contributed by atoms with Crippen molar-refractivity contribution in [2.24, 2.45) is 23.0 Å². The molecule has 0 aromatic rings. The van der Waals surface area contributed by atoms with Crippen molar-refractivity contribution in [2.75, 3.05) is 13.1 Å². The van der Waals surface area contributed by atoms with Gasteiger partial charge in [-0.15, -0.1) is 0 Å². The monoisotopic (exact) mass is 282 g/mol. The van der Waals surface area contributed by atoms with Gasteiger partial charge >= 0.3 is 0 Å². The van der Waals surface area contributed by atoms with Gasteiger partial charge in [-0.3, -0.25) is 4.79 Å². The van der Waals surface area contributed by atoms with Crippen molar-refractivity contribution in [1.29, 1.82) is 0 Å². The molecule has 0 radical (unpaired) electrons. The molecule has 1 amide bonds. The summed E-state index contributed by atoms with van der Waals surface area (Å²) in [5, 5.41) is 10.2. The molecule has 3 unspecified atom stereocenters. The van der Waals surface area contributed by atoms with Crippen LogP contribution in [-0.2, 0) is 4.79 Å². The van der Waals surface area contributed by atoms with E-state index in [0.717, 1.165) is 25.7 Å². The molecule has 1 heterocycles. The molecule has 1 saturated carbocycles. The van der Waals surface area contributed by atoms with Crippen molar-refractivity contribution in [2.45, 2.75) is 65.0 Å². The molecule has 4 heteroatoms. The molecule has 1 saturated heterocycles. The molecule has 0 aromatic heterocycles. The predicted octanol–water partition coefficient (Wildman–Crippen LogP) is 1.76. The van der Waals surface area contributed by atoms with E-state index >= 15 is 0 Å². The Kier molecular flexibility index (Phi) is 4.18. The van der Waals surface area contributed by atoms with E-state index < -0.39 is 5.60 Å². The number of aliphatic hydroxyl groups is 1. The molecule has 1 aliphatic carbocycles. The van der Waals surface area contributed by atoms with E-state index in [1.54, 1.807) is 0 Å². The van der Waals surface area contributed by atoms with E-state index in [1.807, 2.05) is 4.90 Å². The number of amides is 1. The van der Waals surface area contributed by atoms with E-state index in [4.69, 9.17) is 5.73 Å². The molecule has 2 rings (SSSR count). The minimum atomic E-state index is -0.634. The van der Waals surface area contributed by atoms with E-state index in [2.05, 4.69) is 27.7 Å². The van der Waals surface area contributed by atoms with Crippen molar-refractivity contribution in [3.63, 3.8) is 0 Å². The number of hydrogen-bond acceptors (Lipinski definition) is 3. The fourth-order valence-corrected chi connectivity index (χ4v) is 3.96. The van der Waals surface area contributed by atoms with Crippen molar-refractivity contribution in [3.05, 3.63) is 0 Å². The quantitative estimate of drug-likeness (QED) is 0.829. The van der Waals surface area contributed by atoms with Gasteiger partial charge < -0.3 is 15.7 Å². The lowest BCUT2D eigenvalue weighted by Crippen LogP contribution is -2.66. The minimum Gasteiger partial charge on any atom is -0.386 e.